The number of rotatable bonds is 15. The zero-order valence-corrected chi connectivity index (χ0v) is 15.4. The lowest BCUT2D eigenvalue weighted by Crippen LogP contribution is -2.22. The second kappa shape index (κ2) is 15.8. The highest BCUT2D eigenvalue weighted by molar-refractivity contribution is 5.72. The largest absolute Gasteiger partial charge is 0.469 e. The summed E-state index contributed by atoms with van der Waals surface area (Å²) >= 11 is 0. The molecule has 0 radical (unpaired) electrons. The molecule has 0 spiro atoms. The lowest BCUT2D eigenvalue weighted by molar-refractivity contribution is -0.154. The quantitative estimate of drug-likeness (QED) is 0.307. The fourth-order valence-corrected chi connectivity index (χ4v) is 2.60. The van der Waals surface area contributed by atoms with Gasteiger partial charge in [-0.2, -0.15) is 0 Å². The molecule has 1 unspecified atom stereocenters. The van der Waals surface area contributed by atoms with E-state index in [1.54, 1.807) is 0 Å². The Morgan fingerprint density at radius 1 is 0.783 bits per heavy atom. The summed E-state index contributed by atoms with van der Waals surface area (Å²) < 4.78 is 10.1. The minimum Gasteiger partial charge on any atom is -0.469 e. The van der Waals surface area contributed by atoms with E-state index in [0.717, 1.165) is 25.7 Å². The summed E-state index contributed by atoms with van der Waals surface area (Å²) in [5.74, 6) is -0.521. The number of hydrogen-bond acceptors (Lipinski definition) is 4. The van der Waals surface area contributed by atoms with Gasteiger partial charge in [0.2, 0.25) is 0 Å². The van der Waals surface area contributed by atoms with Crippen LogP contribution in [0.5, 0.6) is 0 Å². The predicted molar refractivity (Wildman–Crippen MR) is 93.3 cm³/mol. The van der Waals surface area contributed by atoms with Gasteiger partial charge in [0.1, 0.15) is 6.10 Å². The molecule has 4 heteroatoms. The molecule has 0 saturated carbocycles. The first-order chi connectivity index (χ1) is 11.1. The van der Waals surface area contributed by atoms with Gasteiger partial charge >= 0.3 is 11.9 Å². The van der Waals surface area contributed by atoms with Crippen LogP contribution in [0.3, 0.4) is 0 Å². The normalized spacial score (nSPS) is 12.0. The Kier molecular flexibility index (Phi) is 15.1. The maximum Gasteiger partial charge on any atom is 0.309 e. The summed E-state index contributed by atoms with van der Waals surface area (Å²) in [6.45, 7) is 4.18. The van der Waals surface area contributed by atoms with Gasteiger partial charge in [-0.3, -0.25) is 9.59 Å². The number of ether oxygens (including phenoxy) is 2. The molecule has 0 bridgehead atoms. The van der Waals surface area contributed by atoms with Crippen LogP contribution in [0.1, 0.15) is 97.3 Å². The van der Waals surface area contributed by atoms with Crippen molar-refractivity contribution in [3.05, 3.63) is 0 Å². The van der Waals surface area contributed by atoms with E-state index in [1.165, 1.54) is 52.1 Å². The summed E-state index contributed by atoms with van der Waals surface area (Å²) in [6.07, 6.45) is 13.0. The summed E-state index contributed by atoms with van der Waals surface area (Å²) in [5, 5.41) is 0. The molecule has 1 atom stereocenters. The maximum absolute atomic E-state index is 11.6. The van der Waals surface area contributed by atoms with Crippen LogP contribution in [0.2, 0.25) is 0 Å². The highest BCUT2D eigenvalue weighted by Gasteiger charge is 2.18. The zero-order valence-electron chi connectivity index (χ0n) is 15.4. The Morgan fingerprint density at radius 3 is 1.87 bits per heavy atom. The third-order valence-electron chi connectivity index (χ3n) is 4.00. The average molecular weight is 328 g/mol. The van der Waals surface area contributed by atoms with Gasteiger partial charge in [-0.1, -0.05) is 65.2 Å². The van der Waals surface area contributed by atoms with Crippen molar-refractivity contribution >= 4 is 11.9 Å². The molecule has 0 rings (SSSR count). The second-order valence-corrected chi connectivity index (χ2v) is 6.26. The van der Waals surface area contributed by atoms with Crippen molar-refractivity contribution in [3.8, 4) is 0 Å². The van der Waals surface area contributed by atoms with Crippen molar-refractivity contribution in [2.24, 2.45) is 0 Å². The first-order valence-electron chi connectivity index (χ1n) is 9.40. The molecular formula is C19H36O4. The standard InChI is InChI=1S/C19H36O4/c1-4-6-7-8-9-10-11-12-13-15-17(16-19(21)22-3)23-18(20)14-5-2/h17H,4-16H2,1-3H3. The number of methoxy groups -OCH3 is 1. The first-order valence-corrected chi connectivity index (χ1v) is 9.40. The van der Waals surface area contributed by atoms with Gasteiger partial charge in [-0.15, -0.1) is 0 Å². The Morgan fingerprint density at radius 2 is 1.35 bits per heavy atom. The highest BCUT2D eigenvalue weighted by Crippen LogP contribution is 2.15. The van der Waals surface area contributed by atoms with Crippen LogP contribution in [0.25, 0.3) is 0 Å². The monoisotopic (exact) mass is 328 g/mol. The van der Waals surface area contributed by atoms with Gasteiger partial charge in [0, 0.05) is 6.42 Å². The summed E-state index contributed by atoms with van der Waals surface area (Å²) in [5.41, 5.74) is 0. The first kappa shape index (κ1) is 21.9. The van der Waals surface area contributed by atoms with Crippen molar-refractivity contribution in [3.63, 3.8) is 0 Å². The van der Waals surface area contributed by atoms with E-state index in [-0.39, 0.29) is 24.5 Å². The molecule has 4 nitrogen and oxygen atoms in total. The number of carbonyl (C=O) groups is 2. The number of esters is 2. The molecule has 0 amide bonds. The topological polar surface area (TPSA) is 52.6 Å². The molecule has 0 aliphatic carbocycles. The van der Waals surface area contributed by atoms with Crippen molar-refractivity contribution < 1.29 is 19.1 Å². The third kappa shape index (κ3) is 14.3. The van der Waals surface area contributed by atoms with Gasteiger partial charge in [-0.05, 0) is 19.3 Å². The molecule has 0 aromatic heterocycles. The number of unbranched alkanes of at least 4 members (excludes halogenated alkanes) is 8. The summed E-state index contributed by atoms with van der Waals surface area (Å²) in [4.78, 5) is 23.0. The van der Waals surface area contributed by atoms with E-state index >= 15 is 0 Å². The fraction of sp³-hybridized carbons (Fsp3) is 0.895. The SMILES string of the molecule is CCCCCCCCCCCC(CC(=O)OC)OC(=O)CCC. The maximum atomic E-state index is 11.6. The summed E-state index contributed by atoms with van der Waals surface area (Å²) in [7, 11) is 1.37. The van der Waals surface area contributed by atoms with Crippen molar-refractivity contribution in [2.45, 2.75) is 103 Å². The van der Waals surface area contributed by atoms with Crippen LogP contribution in [-0.4, -0.2) is 25.2 Å². The van der Waals surface area contributed by atoms with E-state index in [9.17, 15) is 9.59 Å². The molecule has 136 valence electrons. The van der Waals surface area contributed by atoms with Gasteiger partial charge in [0.25, 0.3) is 0 Å². The molecule has 0 aromatic carbocycles. The average Bonchev–Trinajstić information content (AvgIpc) is 2.53. The van der Waals surface area contributed by atoms with Crippen LogP contribution in [-0.2, 0) is 19.1 Å². The van der Waals surface area contributed by atoms with Crippen molar-refractivity contribution in [1.82, 2.24) is 0 Å². The zero-order chi connectivity index (χ0) is 17.3. The number of hydrogen-bond donors (Lipinski definition) is 0. The molecule has 0 heterocycles. The van der Waals surface area contributed by atoms with Gasteiger partial charge in [-0.25, -0.2) is 0 Å². The highest BCUT2D eigenvalue weighted by atomic mass is 16.6. The molecule has 23 heavy (non-hydrogen) atoms. The van der Waals surface area contributed by atoms with E-state index < -0.39 is 0 Å². The minimum atomic E-state index is -0.328. The molecule has 0 fully saturated rings. The lowest BCUT2D eigenvalue weighted by Gasteiger charge is -2.16. The van der Waals surface area contributed by atoms with E-state index in [4.69, 9.17) is 4.74 Å². The van der Waals surface area contributed by atoms with E-state index in [2.05, 4.69) is 11.7 Å². The Hall–Kier alpha value is -1.06. The van der Waals surface area contributed by atoms with Crippen LogP contribution < -0.4 is 0 Å². The molecule has 0 aromatic rings. The van der Waals surface area contributed by atoms with Gasteiger partial charge < -0.3 is 9.47 Å². The lowest BCUT2D eigenvalue weighted by atomic mass is 10.0. The Bertz CT molecular complexity index is 302. The Labute approximate surface area is 142 Å². The fourth-order valence-electron chi connectivity index (χ4n) is 2.60. The van der Waals surface area contributed by atoms with Crippen LogP contribution in [0, 0.1) is 0 Å². The second-order valence-electron chi connectivity index (χ2n) is 6.26. The van der Waals surface area contributed by atoms with Crippen molar-refractivity contribution in [1.29, 1.82) is 0 Å². The molecule has 0 aliphatic rings. The van der Waals surface area contributed by atoms with Gasteiger partial charge in [0.15, 0.2) is 0 Å². The predicted octanol–water partition coefficient (Wildman–Crippen LogP) is 5.18. The van der Waals surface area contributed by atoms with E-state index in [0.29, 0.717) is 6.42 Å². The van der Waals surface area contributed by atoms with E-state index in [1.807, 2.05) is 6.92 Å². The van der Waals surface area contributed by atoms with Crippen LogP contribution in [0.4, 0.5) is 0 Å². The third-order valence-corrected chi connectivity index (χ3v) is 4.00. The van der Waals surface area contributed by atoms with Gasteiger partial charge in [0.05, 0.1) is 13.5 Å². The molecule has 0 saturated heterocycles. The van der Waals surface area contributed by atoms with Crippen molar-refractivity contribution in [2.75, 3.05) is 7.11 Å². The molecule has 0 N–H and O–H groups in total. The minimum absolute atomic E-state index is 0.170. The summed E-state index contributed by atoms with van der Waals surface area (Å²) in [6, 6.07) is 0. The van der Waals surface area contributed by atoms with Crippen LogP contribution in [0.15, 0.2) is 0 Å². The number of carbonyl (C=O) groups excluding carboxylic acids is 2. The molecular weight excluding hydrogens is 292 g/mol. The molecule has 0 aliphatic heterocycles. The smallest absolute Gasteiger partial charge is 0.309 e. The Balaban J connectivity index is 3.82. The van der Waals surface area contributed by atoms with Crippen LogP contribution >= 0.6 is 0 Å².